The molecule has 1 aliphatic rings. The fraction of sp³-hybridized carbons (Fsp3) is 0.312. The van der Waals surface area contributed by atoms with E-state index in [-0.39, 0.29) is 44.5 Å². The van der Waals surface area contributed by atoms with Gasteiger partial charge in [0, 0.05) is 29.7 Å². The summed E-state index contributed by atoms with van der Waals surface area (Å²) >= 11 is 0. The number of aliphatic carboxylic acids is 1. The Morgan fingerprint density at radius 2 is 1.62 bits per heavy atom. The third-order valence-electron chi connectivity index (χ3n) is 7.82. The second-order valence-corrected chi connectivity index (χ2v) is 11.8. The van der Waals surface area contributed by atoms with Gasteiger partial charge in [0.2, 0.25) is 0 Å². The van der Waals surface area contributed by atoms with Crippen molar-refractivity contribution < 1.29 is 37.1 Å². The van der Waals surface area contributed by atoms with Crippen LogP contribution in [0.4, 0.5) is 34.6 Å². The highest BCUT2D eigenvalue weighted by Gasteiger charge is 2.31. The zero-order valence-corrected chi connectivity index (χ0v) is 24.5. The van der Waals surface area contributed by atoms with Crippen LogP contribution in [-0.2, 0) is 17.8 Å². The first-order valence-corrected chi connectivity index (χ1v) is 14.2. The van der Waals surface area contributed by atoms with Crippen molar-refractivity contribution in [3.8, 4) is 0 Å². The number of hydrogen-bond acceptors (Lipinski definition) is 5. The number of para-hydroxylation sites is 1. The number of nitrogens with one attached hydrogen (secondary N) is 2. The van der Waals surface area contributed by atoms with E-state index in [9.17, 15) is 37.1 Å². The molecule has 3 aromatic carbocycles. The predicted octanol–water partition coefficient (Wildman–Crippen LogP) is 6.50. The number of nitrogens with zero attached hydrogens (tertiary/aromatic N) is 3. The Kier molecular flexibility index (Phi) is 8.55. The molecule has 13 heteroatoms. The van der Waals surface area contributed by atoms with Crippen LogP contribution in [0.1, 0.15) is 53.1 Å². The van der Waals surface area contributed by atoms with Gasteiger partial charge in [0.15, 0.2) is 5.69 Å². The molecule has 1 aliphatic heterocycles. The summed E-state index contributed by atoms with van der Waals surface area (Å²) in [5.74, 6) is -3.27. The molecular formula is C32H31F4N5O4. The van der Waals surface area contributed by atoms with E-state index < -0.39 is 42.7 Å². The van der Waals surface area contributed by atoms with Crippen molar-refractivity contribution in [2.45, 2.75) is 45.8 Å². The van der Waals surface area contributed by atoms with Crippen molar-refractivity contribution in [3.63, 3.8) is 0 Å². The Morgan fingerprint density at radius 3 is 2.31 bits per heavy atom. The Hall–Kier alpha value is -4.94. The van der Waals surface area contributed by atoms with Gasteiger partial charge < -0.3 is 20.6 Å². The molecule has 1 saturated heterocycles. The minimum Gasteiger partial charge on any atom is -0.481 e. The van der Waals surface area contributed by atoms with E-state index in [2.05, 4.69) is 34.5 Å². The number of carboxylic acid groups (broad SMARTS) is 1. The number of carbonyl (C=O) groups is 3. The van der Waals surface area contributed by atoms with Gasteiger partial charge in [-0.25, -0.2) is 4.39 Å². The lowest BCUT2D eigenvalue weighted by Crippen LogP contribution is -2.37. The molecular weight excluding hydrogens is 594 g/mol. The summed E-state index contributed by atoms with van der Waals surface area (Å²) in [4.78, 5) is 40.3. The first-order chi connectivity index (χ1) is 21.2. The second kappa shape index (κ2) is 12.2. The molecule has 45 heavy (non-hydrogen) atoms. The van der Waals surface area contributed by atoms with Gasteiger partial charge in [-0.15, -0.1) is 0 Å². The van der Waals surface area contributed by atoms with Crippen LogP contribution in [0.2, 0.25) is 0 Å². The smallest absolute Gasteiger partial charge is 0.408 e. The van der Waals surface area contributed by atoms with Crippen LogP contribution in [0.5, 0.6) is 0 Å². The lowest BCUT2D eigenvalue weighted by Gasteiger charge is -2.39. The molecule has 0 atom stereocenters. The van der Waals surface area contributed by atoms with E-state index in [1.165, 1.54) is 24.3 Å². The molecule has 1 fully saturated rings. The summed E-state index contributed by atoms with van der Waals surface area (Å²) in [5.41, 5.74) is 1.19. The second-order valence-electron chi connectivity index (χ2n) is 11.8. The summed E-state index contributed by atoms with van der Waals surface area (Å²) in [7, 11) is 0. The van der Waals surface area contributed by atoms with Gasteiger partial charge in [0.1, 0.15) is 12.4 Å². The molecule has 2 amide bonds. The SMILES string of the molecule is CC1(C)CCN(c2ccc(C(=O)Nc3ccc(F)cc3CC(=O)O)cc2NC(=O)c2nn(CC(F)(F)F)c3ccccc23)CC1. The van der Waals surface area contributed by atoms with Crippen LogP contribution in [0.15, 0.2) is 60.7 Å². The average Bonchev–Trinajstić information content (AvgIpc) is 3.31. The van der Waals surface area contributed by atoms with Crippen LogP contribution >= 0.6 is 0 Å². The largest absolute Gasteiger partial charge is 0.481 e. The van der Waals surface area contributed by atoms with Crippen molar-refractivity contribution in [1.29, 1.82) is 0 Å². The standard InChI is InChI=1S/C32H31F4N5O4/c1-31(2)11-13-40(14-12-31)26-10-7-19(29(44)37-23-9-8-21(33)15-20(23)17-27(42)43)16-24(26)38-30(45)28-22-5-3-4-6-25(22)41(39-28)18-32(34,35)36/h3-10,15-16H,11-14,17-18H2,1-2H3,(H,37,44)(H,38,45)(H,42,43). The number of piperidine rings is 1. The molecule has 0 spiro atoms. The molecule has 2 heterocycles. The minimum absolute atomic E-state index is 0.0678. The number of halogens is 4. The molecule has 236 valence electrons. The number of rotatable bonds is 8. The van der Waals surface area contributed by atoms with Crippen LogP contribution < -0.4 is 15.5 Å². The molecule has 4 aromatic rings. The maximum Gasteiger partial charge on any atom is 0.408 e. The third-order valence-corrected chi connectivity index (χ3v) is 7.82. The fourth-order valence-corrected chi connectivity index (χ4v) is 5.36. The summed E-state index contributed by atoms with van der Waals surface area (Å²) in [6.45, 7) is 4.28. The highest BCUT2D eigenvalue weighted by Crippen LogP contribution is 2.36. The summed E-state index contributed by atoms with van der Waals surface area (Å²) in [6, 6.07) is 14.2. The van der Waals surface area contributed by atoms with E-state index >= 15 is 0 Å². The molecule has 9 nitrogen and oxygen atoms in total. The number of benzene rings is 3. The fourth-order valence-electron chi connectivity index (χ4n) is 5.36. The number of fused-ring (bicyclic) bond motifs is 1. The average molecular weight is 626 g/mol. The van der Waals surface area contributed by atoms with Crippen molar-refractivity contribution in [2.24, 2.45) is 5.41 Å². The molecule has 0 bridgehead atoms. The van der Waals surface area contributed by atoms with E-state index in [1.54, 1.807) is 24.3 Å². The zero-order chi connectivity index (χ0) is 32.5. The maximum absolute atomic E-state index is 13.8. The molecule has 1 aromatic heterocycles. The van der Waals surface area contributed by atoms with Gasteiger partial charge in [-0.3, -0.25) is 19.1 Å². The van der Waals surface area contributed by atoms with E-state index in [0.717, 1.165) is 29.7 Å². The first-order valence-electron chi connectivity index (χ1n) is 14.2. The number of carboxylic acids is 1. The van der Waals surface area contributed by atoms with Crippen molar-refractivity contribution in [2.75, 3.05) is 28.6 Å². The van der Waals surface area contributed by atoms with Crippen LogP contribution in [0.25, 0.3) is 10.9 Å². The van der Waals surface area contributed by atoms with Crippen molar-refractivity contribution in [3.05, 3.63) is 83.3 Å². The number of amides is 2. The Labute approximate surface area is 255 Å². The number of carbonyl (C=O) groups excluding carboxylic acids is 2. The monoisotopic (exact) mass is 625 g/mol. The Morgan fingerprint density at radius 1 is 0.933 bits per heavy atom. The predicted molar refractivity (Wildman–Crippen MR) is 161 cm³/mol. The summed E-state index contributed by atoms with van der Waals surface area (Å²) in [5, 5.41) is 18.8. The van der Waals surface area contributed by atoms with Gasteiger partial charge in [0.25, 0.3) is 11.8 Å². The van der Waals surface area contributed by atoms with Gasteiger partial charge in [0.05, 0.1) is 23.3 Å². The molecule has 0 aliphatic carbocycles. The van der Waals surface area contributed by atoms with Gasteiger partial charge >= 0.3 is 12.1 Å². The van der Waals surface area contributed by atoms with Crippen molar-refractivity contribution >= 4 is 45.7 Å². The van der Waals surface area contributed by atoms with E-state index in [1.807, 2.05) is 0 Å². The van der Waals surface area contributed by atoms with Gasteiger partial charge in [-0.1, -0.05) is 32.0 Å². The van der Waals surface area contributed by atoms with E-state index in [4.69, 9.17) is 0 Å². The topological polar surface area (TPSA) is 117 Å². The highest BCUT2D eigenvalue weighted by molar-refractivity contribution is 6.13. The summed E-state index contributed by atoms with van der Waals surface area (Å²) in [6.07, 6.45) is -3.35. The molecule has 5 rings (SSSR count). The minimum atomic E-state index is -4.56. The maximum atomic E-state index is 13.8. The molecule has 0 radical (unpaired) electrons. The number of alkyl halides is 3. The first kappa shape index (κ1) is 31.5. The molecule has 0 unspecified atom stereocenters. The normalized spacial score (nSPS) is 14.8. The summed E-state index contributed by atoms with van der Waals surface area (Å²) < 4.78 is 54.4. The van der Waals surface area contributed by atoms with Crippen LogP contribution in [0, 0.1) is 11.2 Å². The third kappa shape index (κ3) is 7.41. The van der Waals surface area contributed by atoms with E-state index in [0.29, 0.717) is 18.8 Å². The lowest BCUT2D eigenvalue weighted by atomic mass is 9.82. The Balaban J connectivity index is 1.49. The Bertz CT molecular complexity index is 1770. The molecule has 0 saturated carbocycles. The van der Waals surface area contributed by atoms with Gasteiger partial charge in [-0.2, -0.15) is 18.3 Å². The molecule has 3 N–H and O–H groups in total. The van der Waals surface area contributed by atoms with Crippen LogP contribution in [0.3, 0.4) is 0 Å². The van der Waals surface area contributed by atoms with Crippen molar-refractivity contribution in [1.82, 2.24) is 9.78 Å². The number of anilines is 3. The van der Waals surface area contributed by atoms with Crippen LogP contribution in [-0.4, -0.2) is 51.9 Å². The quantitative estimate of drug-likeness (QED) is 0.193. The number of hydrogen-bond donors (Lipinski definition) is 3. The highest BCUT2D eigenvalue weighted by atomic mass is 19.4. The van der Waals surface area contributed by atoms with Gasteiger partial charge in [-0.05, 0) is 66.3 Å². The number of aromatic nitrogens is 2. The zero-order valence-electron chi connectivity index (χ0n) is 24.5. The lowest BCUT2D eigenvalue weighted by molar-refractivity contribution is -0.142.